The number of rotatable bonds is 1. The Bertz CT molecular complexity index is 1420. The quantitative estimate of drug-likeness (QED) is 0.431. The summed E-state index contributed by atoms with van der Waals surface area (Å²) in [6, 6.07) is 7.75. The van der Waals surface area contributed by atoms with Crippen LogP contribution >= 0.6 is 0 Å². The Hall–Kier alpha value is -3.83. The van der Waals surface area contributed by atoms with E-state index in [0.29, 0.717) is 38.1 Å². The van der Waals surface area contributed by atoms with Crippen molar-refractivity contribution in [3.8, 4) is 0 Å². The third-order valence-corrected chi connectivity index (χ3v) is 8.33. The number of pyridine rings is 1. The minimum Gasteiger partial charge on any atom is -0.450 e. The Morgan fingerprint density at radius 3 is 2.49 bits per heavy atom. The van der Waals surface area contributed by atoms with Gasteiger partial charge in [0, 0.05) is 18.5 Å². The van der Waals surface area contributed by atoms with Gasteiger partial charge >= 0.3 is 5.97 Å². The zero-order valence-electron chi connectivity index (χ0n) is 25.2. The van der Waals surface area contributed by atoms with Gasteiger partial charge in [0.25, 0.3) is 11.8 Å². The van der Waals surface area contributed by atoms with Crippen LogP contribution in [0.5, 0.6) is 0 Å². The minimum absolute atomic E-state index is 0.240. The number of hydrogen-bond donors (Lipinski definition) is 3. The average molecular weight is 592 g/mol. The summed E-state index contributed by atoms with van der Waals surface area (Å²) >= 11 is 0. The number of hydrazine groups is 1. The Morgan fingerprint density at radius 2 is 1.74 bits per heavy atom. The van der Waals surface area contributed by atoms with Crippen LogP contribution in [0.4, 0.5) is 0 Å². The number of cyclic esters (lactones) is 1. The molecule has 4 heterocycles. The number of carbonyl (C=O) groups is 4. The zero-order valence-corrected chi connectivity index (χ0v) is 25.2. The molecule has 3 amide bonds. The van der Waals surface area contributed by atoms with Gasteiger partial charge in [-0.1, -0.05) is 38.1 Å². The van der Waals surface area contributed by atoms with Gasteiger partial charge < -0.3 is 20.1 Å². The Labute approximate surface area is 251 Å². The Morgan fingerprint density at radius 1 is 0.977 bits per heavy atom. The number of hydrogen-bond acceptors (Lipinski definition) is 8. The number of fused-ring (bicyclic) bond motifs is 4. The standard InChI is InChI=1S/C32H41N5O6/c1-19(2)27-29(39)34-21(4)30(40)37-16-7-8-25(36-37)28(38)33-20(3)24-12-11-23-10-9-22(18-26(23)35-24)13-15-32(31(41)43-27)14-5-6-17-42-32/h9-13,15,18-21,25,27,36H,5-8,14,16-17H2,1-4H3,(H,33,38)(H,34,39)/b15-13+/t20-,21+,25+,27?,32?/m1/s1. The van der Waals surface area contributed by atoms with Crippen LogP contribution in [0.15, 0.2) is 36.4 Å². The highest BCUT2D eigenvalue weighted by Gasteiger charge is 2.43. The average Bonchev–Trinajstić information content (AvgIpc) is 3.01. The van der Waals surface area contributed by atoms with Gasteiger partial charge in [-0.2, -0.15) is 0 Å². The molecular weight excluding hydrogens is 550 g/mol. The van der Waals surface area contributed by atoms with Crippen molar-refractivity contribution in [2.24, 2.45) is 5.92 Å². The molecule has 2 aromatic rings. The van der Waals surface area contributed by atoms with E-state index in [9.17, 15) is 19.2 Å². The molecule has 43 heavy (non-hydrogen) atoms. The number of nitrogens with zero attached hydrogens (tertiary/aromatic N) is 2. The number of ether oxygens (including phenoxy) is 2. The molecule has 2 saturated heterocycles. The number of carbonyl (C=O) groups excluding carboxylic acids is 4. The highest BCUT2D eigenvalue weighted by Crippen LogP contribution is 2.31. The lowest BCUT2D eigenvalue weighted by Gasteiger charge is -2.36. The van der Waals surface area contributed by atoms with Crippen LogP contribution in [-0.4, -0.2) is 70.6 Å². The number of aromatic nitrogens is 1. The summed E-state index contributed by atoms with van der Waals surface area (Å²) in [6.07, 6.45) is 5.57. The lowest BCUT2D eigenvalue weighted by Crippen LogP contribution is -2.61. The van der Waals surface area contributed by atoms with Crippen molar-refractivity contribution >= 4 is 40.7 Å². The van der Waals surface area contributed by atoms with Gasteiger partial charge in [0.1, 0.15) is 12.1 Å². The summed E-state index contributed by atoms with van der Waals surface area (Å²) in [5, 5.41) is 8.06. The van der Waals surface area contributed by atoms with E-state index in [1.165, 1.54) is 5.01 Å². The number of benzene rings is 1. The van der Waals surface area contributed by atoms with E-state index >= 15 is 0 Å². The predicted molar refractivity (Wildman–Crippen MR) is 160 cm³/mol. The number of esters is 1. The maximum Gasteiger partial charge on any atom is 0.343 e. The normalized spacial score (nSPS) is 30.2. The van der Waals surface area contributed by atoms with E-state index in [0.717, 1.165) is 29.3 Å². The molecule has 3 aliphatic rings. The summed E-state index contributed by atoms with van der Waals surface area (Å²) in [6.45, 7) is 7.79. The van der Waals surface area contributed by atoms with Gasteiger partial charge in [-0.3, -0.25) is 24.4 Å². The third-order valence-electron chi connectivity index (χ3n) is 8.33. The first-order valence-corrected chi connectivity index (χ1v) is 15.2. The molecule has 1 aromatic heterocycles. The Kier molecular flexibility index (Phi) is 9.12. The van der Waals surface area contributed by atoms with E-state index in [1.807, 2.05) is 43.3 Å². The molecular formula is C32H41N5O6. The fourth-order valence-electron chi connectivity index (χ4n) is 5.72. The SMILES string of the molecule is CC(C)C1OC(=O)C2(/C=C/c3ccc4ccc(nc4c3)[C@@H](C)NC(=O)[C@@H]3CCCN(N3)C(=O)[C@H](C)NC1=O)CCCCO2. The number of nitrogens with one attached hydrogen (secondary N) is 3. The topological polar surface area (TPSA) is 139 Å². The van der Waals surface area contributed by atoms with Crippen molar-refractivity contribution in [1.82, 2.24) is 26.1 Å². The van der Waals surface area contributed by atoms with E-state index in [-0.39, 0.29) is 23.8 Å². The predicted octanol–water partition coefficient (Wildman–Crippen LogP) is 2.95. The second kappa shape index (κ2) is 12.8. The van der Waals surface area contributed by atoms with Gasteiger partial charge in [0.05, 0.1) is 17.3 Å². The molecule has 3 N–H and O–H groups in total. The van der Waals surface area contributed by atoms with Crippen molar-refractivity contribution in [2.45, 2.75) is 89.6 Å². The molecule has 5 atom stereocenters. The van der Waals surface area contributed by atoms with Gasteiger partial charge in [0.15, 0.2) is 11.7 Å². The molecule has 2 unspecified atom stereocenters. The molecule has 1 aromatic carbocycles. The van der Waals surface area contributed by atoms with Gasteiger partial charge in [-0.25, -0.2) is 10.2 Å². The van der Waals surface area contributed by atoms with Crippen molar-refractivity contribution in [2.75, 3.05) is 13.2 Å². The number of amides is 3. The largest absolute Gasteiger partial charge is 0.450 e. The fraction of sp³-hybridized carbons (Fsp3) is 0.531. The summed E-state index contributed by atoms with van der Waals surface area (Å²) in [7, 11) is 0. The highest BCUT2D eigenvalue weighted by atomic mass is 16.6. The maximum absolute atomic E-state index is 13.7. The molecule has 11 heteroatoms. The smallest absolute Gasteiger partial charge is 0.343 e. The van der Waals surface area contributed by atoms with Gasteiger partial charge in [-0.15, -0.1) is 0 Å². The summed E-state index contributed by atoms with van der Waals surface area (Å²) < 4.78 is 11.9. The van der Waals surface area contributed by atoms with Crippen LogP contribution in [0.1, 0.15) is 77.1 Å². The Balaban J connectivity index is 1.53. The lowest BCUT2D eigenvalue weighted by molar-refractivity contribution is -0.181. The van der Waals surface area contributed by atoms with Crippen molar-refractivity contribution in [3.63, 3.8) is 0 Å². The van der Waals surface area contributed by atoms with E-state index in [2.05, 4.69) is 16.1 Å². The second-order valence-corrected chi connectivity index (χ2v) is 12.1. The van der Waals surface area contributed by atoms with Crippen molar-refractivity contribution in [3.05, 3.63) is 47.7 Å². The van der Waals surface area contributed by atoms with Crippen LogP contribution in [0.25, 0.3) is 17.0 Å². The first kappa shape index (κ1) is 30.6. The fourth-order valence-corrected chi connectivity index (χ4v) is 5.72. The molecule has 5 bridgehead atoms. The molecule has 1 spiro atoms. The molecule has 0 radical (unpaired) electrons. The molecule has 3 aliphatic heterocycles. The highest BCUT2D eigenvalue weighted by molar-refractivity contribution is 5.92. The molecule has 230 valence electrons. The van der Waals surface area contributed by atoms with Gasteiger partial charge in [-0.05, 0) is 75.6 Å². The third kappa shape index (κ3) is 6.73. The van der Waals surface area contributed by atoms with Crippen molar-refractivity contribution < 1.29 is 28.7 Å². The van der Waals surface area contributed by atoms with Crippen LogP contribution in [0.2, 0.25) is 0 Å². The van der Waals surface area contributed by atoms with E-state index in [4.69, 9.17) is 14.5 Å². The monoisotopic (exact) mass is 591 g/mol. The summed E-state index contributed by atoms with van der Waals surface area (Å²) in [5.74, 6) is -2.19. The van der Waals surface area contributed by atoms with Crippen LogP contribution in [0.3, 0.4) is 0 Å². The summed E-state index contributed by atoms with van der Waals surface area (Å²) in [5.41, 5.74) is 3.94. The maximum atomic E-state index is 13.7. The molecule has 11 nitrogen and oxygen atoms in total. The van der Waals surface area contributed by atoms with E-state index < -0.39 is 35.7 Å². The molecule has 2 fully saturated rings. The minimum atomic E-state index is -1.35. The molecule has 5 rings (SSSR count). The van der Waals surface area contributed by atoms with Crippen LogP contribution < -0.4 is 16.1 Å². The van der Waals surface area contributed by atoms with Crippen molar-refractivity contribution in [1.29, 1.82) is 0 Å². The van der Waals surface area contributed by atoms with E-state index in [1.54, 1.807) is 26.8 Å². The molecule has 0 aliphatic carbocycles. The van der Waals surface area contributed by atoms with Crippen LogP contribution in [-0.2, 0) is 28.7 Å². The first-order valence-electron chi connectivity index (χ1n) is 15.2. The first-order chi connectivity index (χ1) is 20.6. The lowest BCUT2D eigenvalue weighted by atomic mass is 9.92. The second-order valence-electron chi connectivity index (χ2n) is 12.1. The summed E-state index contributed by atoms with van der Waals surface area (Å²) in [4.78, 5) is 58.4. The zero-order chi connectivity index (χ0) is 30.7. The van der Waals surface area contributed by atoms with Crippen LogP contribution in [0, 0.1) is 5.92 Å². The van der Waals surface area contributed by atoms with Gasteiger partial charge in [0.2, 0.25) is 5.91 Å². The molecule has 0 saturated carbocycles.